The lowest BCUT2D eigenvalue weighted by molar-refractivity contribution is 0.183. The van der Waals surface area contributed by atoms with E-state index in [1.54, 1.807) is 6.92 Å². The van der Waals surface area contributed by atoms with Gasteiger partial charge in [-0.05, 0) is 67.7 Å². The van der Waals surface area contributed by atoms with Crippen molar-refractivity contribution in [3.05, 3.63) is 72.7 Å². The Kier molecular flexibility index (Phi) is 6.37. The van der Waals surface area contributed by atoms with E-state index in [0.29, 0.717) is 0 Å². The standard InChI is InChI=1S/C27H30N4O2/c1-20(32)22-6-5-7-23(16-22)26-18-29-31-19-24(17-28-27(26)31)21-8-10-25(11-9-21)33-15-14-30-12-3-2-4-13-30/h5-11,16-20,32H,2-4,12-15H2,1H3/t20-/m1/s1. The average molecular weight is 443 g/mol. The molecule has 170 valence electrons. The summed E-state index contributed by atoms with van der Waals surface area (Å²) in [6, 6.07) is 16.0. The number of aliphatic hydroxyl groups excluding tert-OH is 1. The Bertz CT molecular complexity index is 1210. The highest BCUT2D eigenvalue weighted by atomic mass is 16.5. The van der Waals surface area contributed by atoms with Gasteiger partial charge >= 0.3 is 0 Å². The molecule has 0 aliphatic carbocycles. The summed E-state index contributed by atoms with van der Waals surface area (Å²) in [6.07, 6.45) is 9.16. The van der Waals surface area contributed by atoms with Gasteiger partial charge in [0.2, 0.25) is 0 Å². The lowest BCUT2D eigenvalue weighted by atomic mass is 10.0. The van der Waals surface area contributed by atoms with Gasteiger partial charge in [-0.3, -0.25) is 4.90 Å². The summed E-state index contributed by atoms with van der Waals surface area (Å²) in [5.74, 6) is 0.893. The number of hydrogen-bond donors (Lipinski definition) is 1. The van der Waals surface area contributed by atoms with E-state index >= 15 is 0 Å². The number of piperidine rings is 1. The quantitative estimate of drug-likeness (QED) is 0.437. The van der Waals surface area contributed by atoms with Gasteiger partial charge in [-0.1, -0.05) is 36.8 Å². The third kappa shape index (κ3) is 4.92. The summed E-state index contributed by atoms with van der Waals surface area (Å²) in [5, 5.41) is 14.4. The van der Waals surface area contributed by atoms with Gasteiger partial charge < -0.3 is 9.84 Å². The minimum Gasteiger partial charge on any atom is -0.492 e. The van der Waals surface area contributed by atoms with Crippen LogP contribution in [0.2, 0.25) is 0 Å². The van der Waals surface area contributed by atoms with Crippen molar-refractivity contribution in [1.82, 2.24) is 19.5 Å². The summed E-state index contributed by atoms with van der Waals surface area (Å²) >= 11 is 0. The van der Waals surface area contributed by atoms with Crippen molar-refractivity contribution in [1.29, 1.82) is 0 Å². The third-order valence-electron chi connectivity index (χ3n) is 6.35. The molecule has 3 heterocycles. The van der Waals surface area contributed by atoms with E-state index in [1.807, 2.05) is 59.5 Å². The van der Waals surface area contributed by atoms with Crippen LogP contribution in [0.3, 0.4) is 0 Å². The van der Waals surface area contributed by atoms with Crippen LogP contribution in [0.4, 0.5) is 0 Å². The Morgan fingerprint density at radius 1 is 0.970 bits per heavy atom. The Balaban J connectivity index is 1.29. The average Bonchev–Trinajstić information content (AvgIpc) is 3.29. The molecular formula is C27H30N4O2. The van der Waals surface area contributed by atoms with Crippen molar-refractivity contribution >= 4 is 5.65 Å². The minimum atomic E-state index is -0.511. The Morgan fingerprint density at radius 2 is 1.79 bits per heavy atom. The molecular weight excluding hydrogens is 412 g/mol. The lowest BCUT2D eigenvalue weighted by Gasteiger charge is -2.26. The van der Waals surface area contributed by atoms with Crippen LogP contribution in [0.5, 0.6) is 5.75 Å². The SMILES string of the molecule is C[C@@H](O)c1cccc(-c2cnn3cc(-c4ccc(OCCN5CCCCC5)cc4)cnc23)c1. The van der Waals surface area contributed by atoms with Crippen LogP contribution in [0.25, 0.3) is 27.9 Å². The first-order valence-corrected chi connectivity index (χ1v) is 11.7. The summed E-state index contributed by atoms with van der Waals surface area (Å²) in [6.45, 7) is 5.87. The Morgan fingerprint density at radius 3 is 2.58 bits per heavy atom. The Labute approximate surface area is 194 Å². The molecule has 6 nitrogen and oxygen atoms in total. The van der Waals surface area contributed by atoms with Gasteiger partial charge in [0.05, 0.1) is 12.3 Å². The number of likely N-dealkylation sites (tertiary alicyclic amines) is 1. The maximum absolute atomic E-state index is 9.90. The number of hydrogen-bond acceptors (Lipinski definition) is 5. The molecule has 1 saturated heterocycles. The van der Waals surface area contributed by atoms with E-state index in [0.717, 1.165) is 52.4 Å². The van der Waals surface area contributed by atoms with Crippen molar-refractivity contribution in [2.45, 2.75) is 32.3 Å². The highest BCUT2D eigenvalue weighted by Crippen LogP contribution is 2.28. The topological polar surface area (TPSA) is 62.9 Å². The third-order valence-corrected chi connectivity index (χ3v) is 6.35. The van der Waals surface area contributed by atoms with Crippen LogP contribution in [0, 0.1) is 0 Å². The van der Waals surface area contributed by atoms with Crippen molar-refractivity contribution in [3.63, 3.8) is 0 Å². The highest BCUT2D eigenvalue weighted by Gasteiger charge is 2.12. The maximum atomic E-state index is 9.90. The van der Waals surface area contributed by atoms with Gasteiger partial charge in [-0.2, -0.15) is 5.10 Å². The van der Waals surface area contributed by atoms with Crippen molar-refractivity contribution in [2.75, 3.05) is 26.2 Å². The summed E-state index contributed by atoms with van der Waals surface area (Å²) < 4.78 is 7.76. The molecule has 0 amide bonds. The van der Waals surface area contributed by atoms with E-state index in [4.69, 9.17) is 9.72 Å². The summed E-state index contributed by atoms with van der Waals surface area (Å²) in [4.78, 5) is 7.18. The zero-order valence-electron chi connectivity index (χ0n) is 19.0. The van der Waals surface area contributed by atoms with Gasteiger partial charge in [0.25, 0.3) is 0 Å². The normalized spacial score (nSPS) is 15.6. The zero-order chi connectivity index (χ0) is 22.6. The van der Waals surface area contributed by atoms with Gasteiger partial charge in [-0.15, -0.1) is 0 Å². The summed E-state index contributed by atoms with van der Waals surface area (Å²) in [7, 11) is 0. The molecule has 5 rings (SSSR count). The zero-order valence-corrected chi connectivity index (χ0v) is 19.0. The summed E-state index contributed by atoms with van der Waals surface area (Å²) in [5.41, 5.74) is 5.67. The molecule has 33 heavy (non-hydrogen) atoms. The van der Waals surface area contributed by atoms with Crippen LogP contribution >= 0.6 is 0 Å². The second-order valence-electron chi connectivity index (χ2n) is 8.75. The predicted molar refractivity (Wildman–Crippen MR) is 130 cm³/mol. The Hall–Kier alpha value is -3.22. The molecule has 1 aliphatic heterocycles. The molecule has 0 unspecified atom stereocenters. The highest BCUT2D eigenvalue weighted by molar-refractivity contribution is 5.78. The van der Waals surface area contributed by atoms with Crippen LogP contribution < -0.4 is 4.74 Å². The number of benzene rings is 2. The van der Waals surface area contributed by atoms with Crippen molar-refractivity contribution < 1.29 is 9.84 Å². The maximum Gasteiger partial charge on any atom is 0.162 e. The fraction of sp³-hybridized carbons (Fsp3) is 0.333. The fourth-order valence-corrected chi connectivity index (χ4v) is 4.41. The first kappa shape index (κ1) is 21.6. The number of aliphatic hydroxyl groups is 1. The minimum absolute atomic E-state index is 0.511. The number of nitrogens with zero attached hydrogens (tertiary/aromatic N) is 4. The molecule has 2 aromatic heterocycles. The molecule has 6 heteroatoms. The van der Waals surface area contributed by atoms with Crippen LogP contribution in [-0.2, 0) is 0 Å². The van der Waals surface area contributed by atoms with E-state index in [1.165, 1.54) is 32.4 Å². The van der Waals surface area contributed by atoms with Gasteiger partial charge in [0.15, 0.2) is 5.65 Å². The number of fused-ring (bicyclic) bond motifs is 1. The van der Waals surface area contributed by atoms with Crippen LogP contribution in [-0.4, -0.2) is 50.8 Å². The molecule has 0 radical (unpaired) electrons. The fourth-order valence-electron chi connectivity index (χ4n) is 4.41. The van der Waals surface area contributed by atoms with Gasteiger partial charge in [0, 0.05) is 30.1 Å². The van der Waals surface area contributed by atoms with Crippen LogP contribution in [0.1, 0.15) is 37.9 Å². The molecule has 4 aromatic rings. The molecule has 1 aliphatic rings. The molecule has 1 N–H and O–H groups in total. The number of rotatable bonds is 7. The van der Waals surface area contributed by atoms with Crippen molar-refractivity contribution in [2.24, 2.45) is 0 Å². The van der Waals surface area contributed by atoms with Crippen molar-refractivity contribution in [3.8, 4) is 28.0 Å². The molecule has 0 bridgehead atoms. The first-order valence-electron chi connectivity index (χ1n) is 11.7. The predicted octanol–water partition coefficient (Wildman–Crippen LogP) is 4.98. The van der Waals surface area contributed by atoms with Gasteiger partial charge in [0.1, 0.15) is 12.4 Å². The van der Waals surface area contributed by atoms with E-state index in [-0.39, 0.29) is 0 Å². The number of aromatic nitrogens is 3. The monoisotopic (exact) mass is 442 g/mol. The molecule has 1 atom stereocenters. The number of ether oxygens (including phenoxy) is 1. The van der Waals surface area contributed by atoms with Crippen LogP contribution in [0.15, 0.2) is 67.1 Å². The molecule has 0 spiro atoms. The first-order chi connectivity index (χ1) is 16.2. The second kappa shape index (κ2) is 9.73. The van der Waals surface area contributed by atoms with Gasteiger partial charge in [-0.25, -0.2) is 9.50 Å². The van der Waals surface area contributed by atoms with E-state index in [9.17, 15) is 5.11 Å². The smallest absolute Gasteiger partial charge is 0.162 e. The molecule has 1 fully saturated rings. The lowest BCUT2D eigenvalue weighted by Crippen LogP contribution is -2.33. The molecule has 2 aromatic carbocycles. The molecule has 0 saturated carbocycles. The largest absolute Gasteiger partial charge is 0.492 e. The van der Waals surface area contributed by atoms with E-state index < -0.39 is 6.10 Å². The van der Waals surface area contributed by atoms with E-state index in [2.05, 4.69) is 22.1 Å². The second-order valence-corrected chi connectivity index (χ2v) is 8.75.